The highest BCUT2D eigenvalue weighted by Gasteiger charge is 2.09. The van der Waals surface area contributed by atoms with E-state index in [-0.39, 0.29) is 12.2 Å². The van der Waals surface area contributed by atoms with Crippen LogP contribution >= 0.6 is 0 Å². The van der Waals surface area contributed by atoms with Crippen LogP contribution in [0.5, 0.6) is 17.2 Å². The molecule has 0 bridgehead atoms. The van der Waals surface area contributed by atoms with Gasteiger partial charge in [-0.1, -0.05) is 24.3 Å². The van der Waals surface area contributed by atoms with Gasteiger partial charge in [0.1, 0.15) is 17.2 Å². The second-order valence-electron chi connectivity index (χ2n) is 3.78. The number of rotatable bonds is 4. The van der Waals surface area contributed by atoms with E-state index in [1.165, 1.54) is 12.1 Å². The molecular weight excluding hydrogens is 232 g/mol. The fourth-order valence-corrected chi connectivity index (χ4v) is 1.56. The molecule has 0 aliphatic carbocycles. The molecule has 0 spiro atoms. The molecule has 0 radical (unpaired) electrons. The van der Waals surface area contributed by atoms with E-state index in [1.807, 2.05) is 18.2 Å². The summed E-state index contributed by atoms with van der Waals surface area (Å²) in [6.45, 7) is 0. The molecule has 0 aliphatic rings. The van der Waals surface area contributed by atoms with E-state index >= 15 is 0 Å². The lowest BCUT2D eigenvalue weighted by Crippen LogP contribution is -2.01. The second kappa shape index (κ2) is 5.23. The van der Waals surface area contributed by atoms with Gasteiger partial charge in [0.05, 0.1) is 6.42 Å². The van der Waals surface area contributed by atoms with Gasteiger partial charge in [-0.05, 0) is 18.2 Å². The molecule has 0 aromatic heterocycles. The van der Waals surface area contributed by atoms with Crippen LogP contribution in [-0.2, 0) is 11.2 Å². The SMILES string of the molecule is O=C(O)Cc1ccc(O)cc1Oc1ccccc1. The van der Waals surface area contributed by atoms with Gasteiger partial charge < -0.3 is 14.9 Å². The third kappa shape index (κ3) is 3.01. The predicted molar refractivity (Wildman–Crippen MR) is 66.0 cm³/mol. The van der Waals surface area contributed by atoms with Crippen LogP contribution in [0.1, 0.15) is 5.56 Å². The highest BCUT2D eigenvalue weighted by atomic mass is 16.5. The Bertz CT molecular complexity index is 549. The summed E-state index contributed by atoms with van der Waals surface area (Å²) in [5.41, 5.74) is 0.518. The van der Waals surface area contributed by atoms with E-state index in [2.05, 4.69) is 0 Å². The highest BCUT2D eigenvalue weighted by Crippen LogP contribution is 2.29. The Kier molecular flexibility index (Phi) is 3.48. The molecule has 0 atom stereocenters. The third-order valence-electron chi connectivity index (χ3n) is 2.36. The van der Waals surface area contributed by atoms with E-state index in [1.54, 1.807) is 18.2 Å². The van der Waals surface area contributed by atoms with Gasteiger partial charge in [-0.15, -0.1) is 0 Å². The van der Waals surface area contributed by atoms with Crippen molar-refractivity contribution in [1.82, 2.24) is 0 Å². The summed E-state index contributed by atoms with van der Waals surface area (Å²) in [5.74, 6) is 0.0343. The number of carboxylic acids is 1. The zero-order valence-electron chi connectivity index (χ0n) is 9.54. The fraction of sp³-hybridized carbons (Fsp3) is 0.0714. The Morgan fingerprint density at radius 3 is 2.50 bits per heavy atom. The van der Waals surface area contributed by atoms with Crippen molar-refractivity contribution in [2.75, 3.05) is 0 Å². The molecule has 4 heteroatoms. The van der Waals surface area contributed by atoms with Gasteiger partial charge in [0.25, 0.3) is 0 Å². The van der Waals surface area contributed by atoms with Crippen LogP contribution in [0, 0.1) is 0 Å². The van der Waals surface area contributed by atoms with Gasteiger partial charge in [0.15, 0.2) is 0 Å². The van der Waals surface area contributed by atoms with Gasteiger partial charge in [0, 0.05) is 11.6 Å². The number of aromatic hydroxyl groups is 1. The molecule has 18 heavy (non-hydrogen) atoms. The van der Waals surface area contributed by atoms with E-state index in [0.717, 1.165) is 0 Å². The number of aliphatic carboxylic acids is 1. The number of ether oxygens (including phenoxy) is 1. The number of phenolic OH excluding ortho intramolecular Hbond substituents is 1. The number of hydrogen-bond acceptors (Lipinski definition) is 3. The summed E-state index contributed by atoms with van der Waals surface area (Å²) >= 11 is 0. The van der Waals surface area contributed by atoms with Crippen molar-refractivity contribution in [1.29, 1.82) is 0 Å². The van der Waals surface area contributed by atoms with Crippen LogP contribution < -0.4 is 4.74 Å². The first-order chi connectivity index (χ1) is 8.65. The normalized spacial score (nSPS) is 10.0. The standard InChI is InChI=1S/C14H12O4/c15-11-7-6-10(8-14(16)17)13(9-11)18-12-4-2-1-3-5-12/h1-7,9,15H,8H2,(H,16,17). The number of hydrogen-bond donors (Lipinski definition) is 2. The van der Waals surface area contributed by atoms with Crippen LogP contribution in [0.25, 0.3) is 0 Å². The molecule has 2 aromatic carbocycles. The minimum absolute atomic E-state index is 0.0371. The lowest BCUT2D eigenvalue weighted by atomic mass is 10.1. The summed E-state index contributed by atoms with van der Waals surface area (Å²) in [4.78, 5) is 10.7. The van der Waals surface area contributed by atoms with Crippen molar-refractivity contribution in [3.05, 3.63) is 54.1 Å². The summed E-state index contributed by atoms with van der Waals surface area (Å²) < 4.78 is 5.57. The van der Waals surface area contributed by atoms with Crippen LogP contribution in [0.3, 0.4) is 0 Å². The van der Waals surface area contributed by atoms with Gasteiger partial charge in [0.2, 0.25) is 0 Å². The fourth-order valence-electron chi connectivity index (χ4n) is 1.56. The average Bonchev–Trinajstić information content (AvgIpc) is 2.33. The molecular formula is C14H12O4. The highest BCUT2D eigenvalue weighted by molar-refractivity contribution is 5.71. The molecule has 0 heterocycles. The second-order valence-corrected chi connectivity index (χ2v) is 3.78. The molecule has 0 unspecified atom stereocenters. The van der Waals surface area contributed by atoms with Gasteiger partial charge in [-0.25, -0.2) is 0 Å². The number of para-hydroxylation sites is 1. The molecule has 4 nitrogen and oxygen atoms in total. The molecule has 2 aromatic rings. The first-order valence-electron chi connectivity index (χ1n) is 5.42. The van der Waals surface area contributed by atoms with E-state index in [0.29, 0.717) is 17.1 Å². The number of carboxylic acid groups (broad SMARTS) is 1. The molecule has 2 N–H and O–H groups in total. The number of carbonyl (C=O) groups is 1. The largest absolute Gasteiger partial charge is 0.508 e. The Morgan fingerprint density at radius 2 is 1.83 bits per heavy atom. The van der Waals surface area contributed by atoms with Crippen molar-refractivity contribution in [3.8, 4) is 17.2 Å². The summed E-state index contributed by atoms with van der Waals surface area (Å²) in [6.07, 6.45) is -0.150. The Balaban J connectivity index is 2.30. The van der Waals surface area contributed by atoms with Crippen molar-refractivity contribution < 1.29 is 19.7 Å². The molecule has 0 amide bonds. The zero-order valence-corrected chi connectivity index (χ0v) is 9.54. The average molecular weight is 244 g/mol. The summed E-state index contributed by atoms with van der Waals surface area (Å²) in [6, 6.07) is 13.4. The smallest absolute Gasteiger partial charge is 0.307 e. The third-order valence-corrected chi connectivity index (χ3v) is 2.36. The minimum Gasteiger partial charge on any atom is -0.508 e. The van der Waals surface area contributed by atoms with Crippen molar-refractivity contribution >= 4 is 5.97 Å². The molecule has 0 saturated heterocycles. The van der Waals surface area contributed by atoms with E-state index < -0.39 is 5.97 Å². The Hall–Kier alpha value is -2.49. The van der Waals surface area contributed by atoms with Crippen LogP contribution in [0.2, 0.25) is 0 Å². The summed E-state index contributed by atoms with van der Waals surface area (Å²) in [5, 5.41) is 18.2. The van der Waals surface area contributed by atoms with Crippen molar-refractivity contribution in [3.63, 3.8) is 0 Å². The quantitative estimate of drug-likeness (QED) is 0.867. The van der Waals surface area contributed by atoms with E-state index in [9.17, 15) is 9.90 Å². The lowest BCUT2D eigenvalue weighted by molar-refractivity contribution is -0.136. The Morgan fingerprint density at radius 1 is 1.11 bits per heavy atom. The molecule has 92 valence electrons. The maximum Gasteiger partial charge on any atom is 0.307 e. The van der Waals surface area contributed by atoms with E-state index in [4.69, 9.17) is 9.84 Å². The van der Waals surface area contributed by atoms with Gasteiger partial charge in [-0.3, -0.25) is 4.79 Å². The maximum atomic E-state index is 10.7. The lowest BCUT2D eigenvalue weighted by Gasteiger charge is -2.10. The predicted octanol–water partition coefficient (Wildman–Crippen LogP) is 2.81. The summed E-state index contributed by atoms with van der Waals surface area (Å²) in [7, 11) is 0. The van der Waals surface area contributed by atoms with Crippen LogP contribution in [0.4, 0.5) is 0 Å². The first kappa shape index (κ1) is 12.0. The molecule has 0 aliphatic heterocycles. The van der Waals surface area contributed by atoms with Crippen LogP contribution in [-0.4, -0.2) is 16.2 Å². The van der Waals surface area contributed by atoms with Crippen molar-refractivity contribution in [2.24, 2.45) is 0 Å². The molecule has 0 fully saturated rings. The van der Waals surface area contributed by atoms with Gasteiger partial charge >= 0.3 is 5.97 Å². The number of benzene rings is 2. The maximum absolute atomic E-state index is 10.7. The number of phenols is 1. The van der Waals surface area contributed by atoms with Gasteiger partial charge in [-0.2, -0.15) is 0 Å². The topological polar surface area (TPSA) is 66.8 Å². The van der Waals surface area contributed by atoms with Crippen molar-refractivity contribution in [2.45, 2.75) is 6.42 Å². The molecule has 0 saturated carbocycles. The van der Waals surface area contributed by atoms with Crippen LogP contribution in [0.15, 0.2) is 48.5 Å². The zero-order chi connectivity index (χ0) is 13.0. The minimum atomic E-state index is -0.946. The Labute approximate surface area is 104 Å². The molecule has 2 rings (SSSR count). The monoisotopic (exact) mass is 244 g/mol. The first-order valence-corrected chi connectivity index (χ1v) is 5.42.